The third-order valence-corrected chi connectivity index (χ3v) is 3.42. The molecule has 0 aromatic heterocycles. The molecule has 80 valence electrons. The lowest BCUT2D eigenvalue weighted by atomic mass is 9.81. The summed E-state index contributed by atoms with van der Waals surface area (Å²) in [4.78, 5) is 11.2. The molecule has 0 atom stereocenters. The Morgan fingerprint density at radius 3 is 2.53 bits per heavy atom. The second kappa shape index (κ2) is 4.61. The minimum atomic E-state index is 0.445. The number of aryl methyl sites for hydroxylation is 1. The van der Waals surface area contributed by atoms with Crippen LogP contribution in [0.5, 0.6) is 0 Å². The average molecular weight is 202 g/mol. The van der Waals surface area contributed by atoms with Crippen molar-refractivity contribution in [2.24, 2.45) is 0 Å². The molecule has 0 radical (unpaired) electrons. The summed E-state index contributed by atoms with van der Waals surface area (Å²) in [6, 6.07) is 8.67. The zero-order valence-electron chi connectivity index (χ0n) is 9.33. The van der Waals surface area contributed by atoms with Crippen LogP contribution in [0.2, 0.25) is 0 Å². The molecule has 1 aliphatic carbocycles. The number of rotatable bonds is 2. The monoisotopic (exact) mass is 202 g/mol. The van der Waals surface area contributed by atoms with Crippen molar-refractivity contribution in [1.29, 1.82) is 0 Å². The number of carbonyl (C=O) groups is 1. The highest BCUT2D eigenvalue weighted by molar-refractivity contribution is 5.79. The zero-order valence-corrected chi connectivity index (χ0v) is 9.33. The van der Waals surface area contributed by atoms with Crippen molar-refractivity contribution in [3.8, 4) is 0 Å². The van der Waals surface area contributed by atoms with Gasteiger partial charge in [-0.2, -0.15) is 0 Å². The molecule has 1 aliphatic rings. The highest BCUT2D eigenvalue weighted by atomic mass is 16.1. The van der Waals surface area contributed by atoms with Gasteiger partial charge in [-0.15, -0.1) is 0 Å². The number of hydrogen-bond acceptors (Lipinski definition) is 1. The lowest BCUT2D eigenvalue weighted by Crippen LogP contribution is -2.13. The Morgan fingerprint density at radius 2 is 1.87 bits per heavy atom. The third-order valence-electron chi connectivity index (χ3n) is 3.42. The SMILES string of the molecule is CCc1ccccc1C1CCC(=O)CC1. The maximum Gasteiger partial charge on any atom is 0.132 e. The molecule has 0 N–H and O–H groups in total. The van der Waals surface area contributed by atoms with Gasteiger partial charge in [-0.1, -0.05) is 31.2 Å². The first-order valence-corrected chi connectivity index (χ1v) is 5.90. The van der Waals surface area contributed by atoms with Crippen LogP contribution < -0.4 is 0 Å². The normalized spacial score (nSPS) is 18.1. The second-order valence-corrected chi connectivity index (χ2v) is 4.37. The van der Waals surface area contributed by atoms with Crippen LogP contribution in [0.4, 0.5) is 0 Å². The summed E-state index contributed by atoms with van der Waals surface area (Å²) in [5.74, 6) is 1.07. The van der Waals surface area contributed by atoms with Gasteiger partial charge in [0.05, 0.1) is 0 Å². The van der Waals surface area contributed by atoms with Crippen LogP contribution in [0.25, 0.3) is 0 Å². The van der Waals surface area contributed by atoms with E-state index in [0.717, 1.165) is 32.1 Å². The van der Waals surface area contributed by atoms with Crippen molar-refractivity contribution < 1.29 is 4.79 Å². The molecule has 15 heavy (non-hydrogen) atoms. The van der Waals surface area contributed by atoms with Crippen molar-refractivity contribution in [2.45, 2.75) is 44.9 Å². The van der Waals surface area contributed by atoms with E-state index in [1.807, 2.05) is 0 Å². The van der Waals surface area contributed by atoms with Crippen LogP contribution in [0.1, 0.15) is 49.7 Å². The molecule has 0 amide bonds. The maximum absolute atomic E-state index is 11.2. The van der Waals surface area contributed by atoms with E-state index in [0.29, 0.717) is 11.7 Å². The Bertz CT molecular complexity index is 344. The molecular formula is C14H18O. The van der Waals surface area contributed by atoms with Crippen LogP contribution in [0.15, 0.2) is 24.3 Å². The number of Topliss-reactive ketones (excluding diaryl/α,β-unsaturated/α-hetero) is 1. The van der Waals surface area contributed by atoms with Gasteiger partial charge >= 0.3 is 0 Å². The smallest absolute Gasteiger partial charge is 0.132 e. The van der Waals surface area contributed by atoms with E-state index in [1.165, 1.54) is 11.1 Å². The van der Waals surface area contributed by atoms with Crippen molar-refractivity contribution in [2.75, 3.05) is 0 Å². The highest BCUT2D eigenvalue weighted by Crippen LogP contribution is 2.33. The lowest BCUT2D eigenvalue weighted by Gasteiger charge is -2.23. The largest absolute Gasteiger partial charge is 0.300 e. The average Bonchev–Trinajstić information content (AvgIpc) is 2.30. The number of hydrogen-bond donors (Lipinski definition) is 0. The highest BCUT2D eigenvalue weighted by Gasteiger charge is 2.21. The minimum absolute atomic E-state index is 0.445. The molecule has 0 bridgehead atoms. The number of benzene rings is 1. The van der Waals surface area contributed by atoms with Gasteiger partial charge in [-0.25, -0.2) is 0 Å². The fourth-order valence-corrected chi connectivity index (χ4v) is 2.51. The number of ketones is 1. The Hall–Kier alpha value is -1.11. The molecule has 1 nitrogen and oxygen atoms in total. The summed E-state index contributed by atoms with van der Waals surface area (Å²) in [7, 11) is 0. The molecule has 0 heterocycles. The fourth-order valence-electron chi connectivity index (χ4n) is 2.51. The van der Waals surface area contributed by atoms with E-state index in [-0.39, 0.29) is 0 Å². The van der Waals surface area contributed by atoms with Gasteiger partial charge in [0.15, 0.2) is 0 Å². The quantitative estimate of drug-likeness (QED) is 0.717. The van der Waals surface area contributed by atoms with E-state index in [1.54, 1.807) is 0 Å². The third kappa shape index (κ3) is 2.28. The topological polar surface area (TPSA) is 17.1 Å². The first kappa shape index (κ1) is 10.4. The Balaban J connectivity index is 2.18. The van der Waals surface area contributed by atoms with E-state index in [2.05, 4.69) is 31.2 Å². The maximum atomic E-state index is 11.2. The summed E-state index contributed by atoms with van der Waals surface area (Å²) in [6.07, 6.45) is 4.76. The first-order valence-electron chi connectivity index (χ1n) is 5.90. The van der Waals surface area contributed by atoms with Gasteiger partial charge < -0.3 is 0 Å². The van der Waals surface area contributed by atoms with Crippen molar-refractivity contribution in [3.05, 3.63) is 35.4 Å². The van der Waals surface area contributed by atoms with Gasteiger partial charge in [0.1, 0.15) is 5.78 Å². The van der Waals surface area contributed by atoms with Crippen molar-refractivity contribution in [1.82, 2.24) is 0 Å². The predicted molar refractivity (Wildman–Crippen MR) is 62.0 cm³/mol. The summed E-state index contributed by atoms with van der Waals surface area (Å²) in [6.45, 7) is 2.20. The van der Waals surface area contributed by atoms with Crippen molar-refractivity contribution >= 4 is 5.78 Å². The van der Waals surface area contributed by atoms with Gasteiger partial charge in [-0.05, 0) is 36.3 Å². The summed E-state index contributed by atoms with van der Waals surface area (Å²) >= 11 is 0. The molecule has 0 aliphatic heterocycles. The minimum Gasteiger partial charge on any atom is -0.300 e. The molecule has 1 heteroatoms. The van der Waals surface area contributed by atoms with E-state index in [9.17, 15) is 4.79 Å². The number of carbonyl (C=O) groups excluding carboxylic acids is 1. The Morgan fingerprint density at radius 1 is 1.20 bits per heavy atom. The predicted octanol–water partition coefficient (Wildman–Crippen LogP) is 3.48. The molecular weight excluding hydrogens is 184 g/mol. The molecule has 1 aromatic rings. The van der Waals surface area contributed by atoms with Crippen LogP contribution >= 0.6 is 0 Å². The molecule has 0 saturated heterocycles. The Labute approximate surface area is 91.5 Å². The first-order chi connectivity index (χ1) is 7.31. The fraction of sp³-hybridized carbons (Fsp3) is 0.500. The van der Waals surface area contributed by atoms with Crippen LogP contribution in [-0.2, 0) is 11.2 Å². The van der Waals surface area contributed by atoms with Gasteiger partial charge in [-0.3, -0.25) is 4.79 Å². The summed E-state index contributed by atoms with van der Waals surface area (Å²) < 4.78 is 0. The van der Waals surface area contributed by atoms with E-state index >= 15 is 0 Å². The molecule has 1 saturated carbocycles. The molecule has 1 aromatic carbocycles. The summed E-state index contributed by atoms with van der Waals surface area (Å²) in [5, 5.41) is 0. The standard InChI is InChI=1S/C14H18O/c1-2-11-5-3-4-6-14(11)12-7-9-13(15)10-8-12/h3-6,12H,2,7-10H2,1H3. The lowest BCUT2D eigenvalue weighted by molar-refractivity contribution is -0.120. The van der Waals surface area contributed by atoms with Gasteiger partial charge in [0.2, 0.25) is 0 Å². The van der Waals surface area contributed by atoms with Crippen LogP contribution in [0.3, 0.4) is 0 Å². The van der Waals surface area contributed by atoms with Gasteiger partial charge in [0, 0.05) is 12.8 Å². The zero-order chi connectivity index (χ0) is 10.7. The Kier molecular flexibility index (Phi) is 3.20. The molecule has 2 rings (SSSR count). The van der Waals surface area contributed by atoms with Crippen LogP contribution in [0, 0.1) is 0 Å². The van der Waals surface area contributed by atoms with E-state index < -0.39 is 0 Å². The van der Waals surface area contributed by atoms with Crippen LogP contribution in [-0.4, -0.2) is 5.78 Å². The second-order valence-electron chi connectivity index (χ2n) is 4.37. The summed E-state index contributed by atoms with van der Waals surface area (Å²) in [5.41, 5.74) is 2.93. The van der Waals surface area contributed by atoms with Crippen molar-refractivity contribution in [3.63, 3.8) is 0 Å². The molecule has 1 fully saturated rings. The molecule has 0 spiro atoms. The molecule has 0 unspecified atom stereocenters. The van der Waals surface area contributed by atoms with Gasteiger partial charge in [0.25, 0.3) is 0 Å². The van der Waals surface area contributed by atoms with E-state index in [4.69, 9.17) is 0 Å².